The Kier molecular flexibility index (Phi) is 11.3. The molecule has 172 valence electrons. The van der Waals surface area contributed by atoms with Crippen molar-refractivity contribution in [1.82, 2.24) is 16.0 Å². The van der Waals surface area contributed by atoms with Gasteiger partial charge >= 0.3 is 6.09 Å². The highest BCUT2D eigenvalue weighted by atomic mass is 16.5. The minimum atomic E-state index is -0.862. The fourth-order valence-corrected chi connectivity index (χ4v) is 2.95. The molecule has 8 nitrogen and oxygen atoms in total. The van der Waals surface area contributed by atoms with E-state index in [9.17, 15) is 19.2 Å². The molecule has 1 aromatic carbocycles. The van der Waals surface area contributed by atoms with Crippen LogP contribution >= 0.6 is 0 Å². The second-order valence-corrected chi connectivity index (χ2v) is 8.50. The lowest BCUT2D eigenvalue weighted by Crippen LogP contribution is -2.54. The van der Waals surface area contributed by atoms with Crippen LogP contribution in [0.4, 0.5) is 4.79 Å². The number of nitrogens with one attached hydrogen (secondary N) is 3. The van der Waals surface area contributed by atoms with Gasteiger partial charge in [-0.05, 0) is 37.2 Å². The van der Waals surface area contributed by atoms with Crippen molar-refractivity contribution in [2.24, 2.45) is 11.8 Å². The van der Waals surface area contributed by atoms with E-state index in [4.69, 9.17) is 4.74 Å². The molecule has 0 saturated heterocycles. The largest absolute Gasteiger partial charge is 0.445 e. The summed E-state index contributed by atoms with van der Waals surface area (Å²) in [5.41, 5.74) is 0.832. The van der Waals surface area contributed by atoms with Crippen LogP contribution in [0.25, 0.3) is 0 Å². The minimum absolute atomic E-state index is 0.0877. The number of benzene rings is 1. The first kappa shape index (κ1) is 26.1. The normalized spacial score (nSPS) is 13.8. The molecule has 31 heavy (non-hydrogen) atoms. The monoisotopic (exact) mass is 433 g/mol. The average molecular weight is 434 g/mol. The van der Waals surface area contributed by atoms with E-state index in [1.165, 1.54) is 6.92 Å². The maximum absolute atomic E-state index is 12.7. The number of ether oxygens (including phenoxy) is 1. The van der Waals surface area contributed by atoms with Crippen molar-refractivity contribution in [3.05, 3.63) is 35.9 Å². The van der Waals surface area contributed by atoms with Gasteiger partial charge in [-0.1, -0.05) is 58.0 Å². The van der Waals surface area contributed by atoms with Gasteiger partial charge in [0.2, 0.25) is 11.8 Å². The van der Waals surface area contributed by atoms with Crippen molar-refractivity contribution in [2.45, 2.75) is 72.2 Å². The van der Waals surface area contributed by atoms with Gasteiger partial charge in [0.05, 0.1) is 6.04 Å². The van der Waals surface area contributed by atoms with Crippen LogP contribution in [-0.2, 0) is 25.7 Å². The van der Waals surface area contributed by atoms with Crippen LogP contribution in [0.15, 0.2) is 30.3 Å². The van der Waals surface area contributed by atoms with Gasteiger partial charge in [-0.3, -0.25) is 9.59 Å². The Morgan fingerprint density at radius 3 is 2.03 bits per heavy atom. The number of carbonyl (C=O) groups is 4. The zero-order valence-electron chi connectivity index (χ0n) is 19.0. The van der Waals surface area contributed by atoms with Crippen LogP contribution in [0.3, 0.4) is 0 Å². The van der Waals surface area contributed by atoms with Crippen LogP contribution in [0.2, 0.25) is 0 Å². The van der Waals surface area contributed by atoms with E-state index < -0.39 is 36.0 Å². The first-order valence-corrected chi connectivity index (χ1v) is 10.7. The second kappa shape index (κ2) is 13.4. The van der Waals surface area contributed by atoms with E-state index >= 15 is 0 Å². The molecule has 0 bridgehead atoms. The van der Waals surface area contributed by atoms with Gasteiger partial charge in [0.25, 0.3) is 0 Å². The summed E-state index contributed by atoms with van der Waals surface area (Å²) in [4.78, 5) is 48.4. The molecule has 3 N–H and O–H groups in total. The van der Waals surface area contributed by atoms with Gasteiger partial charge in [-0.25, -0.2) is 4.79 Å². The molecule has 0 fully saturated rings. The summed E-state index contributed by atoms with van der Waals surface area (Å²) in [7, 11) is 0. The molecule has 0 spiro atoms. The van der Waals surface area contributed by atoms with E-state index in [-0.39, 0.29) is 18.4 Å². The second-order valence-electron chi connectivity index (χ2n) is 8.50. The Bertz CT molecular complexity index is 721. The van der Waals surface area contributed by atoms with Crippen LogP contribution < -0.4 is 16.0 Å². The van der Waals surface area contributed by atoms with Crippen LogP contribution in [0.5, 0.6) is 0 Å². The number of carbonyl (C=O) groups excluding carboxylic acids is 4. The van der Waals surface area contributed by atoms with Gasteiger partial charge in [0, 0.05) is 0 Å². The molecule has 0 saturated carbocycles. The summed E-state index contributed by atoms with van der Waals surface area (Å²) in [5, 5.41) is 7.82. The Morgan fingerprint density at radius 1 is 0.871 bits per heavy atom. The lowest BCUT2D eigenvalue weighted by Gasteiger charge is -2.23. The van der Waals surface area contributed by atoms with E-state index in [0.717, 1.165) is 5.56 Å². The van der Waals surface area contributed by atoms with Gasteiger partial charge in [-0.2, -0.15) is 0 Å². The molecule has 0 heterocycles. The van der Waals surface area contributed by atoms with E-state index in [1.807, 2.05) is 58.0 Å². The average Bonchev–Trinajstić information content (AvgIpc) is 2.71. The molecule has 3 amide bonds. The summed E-state index contributed by atoms with van der Waals surface area (Å²) in [5.74, 6) is -0.581. The standard InChI is InChI=1S/C23H35N3O5/c1-15(2)11-19(13-27)25-21(28)17(5)24-22(29)20(12-16(3)4)26-23(30)31-14-18-9-7-6-8-10-18/h6-10,13,15-17,19-20H,11-12,14H2,1-5H3,(H,24,29)(H,25,28)(H,26,30)/t17-,19-,20+/m1/s1. The molecule has 0 aliphatic heterocycles. The summed E-state index contributed by atoms with van der Waals surface area (Å²) in [6, 6.07) is 6.89. The van der Waals surface area contributed by atoms with E-state index in [2.05, 4.69) is 16.0 Å². The number of amides is 3. The molecule has 0 radical (unpaired) electrons. The van der Waals surface area contributed by atoms with E-state index in [0.29, 0.717) is 19.1 Å². The third-order valence-corrected chi connectivity index (χ3v) is 4.50. The maximum Gasteiger partial charge on any atom is 0.408 e. The third-order valence-electron chi connectivity index (χ3n) is 4.50. The Morgan fingerprint density at radius 2 is 1.48 bits per heavy atom. The van der Waals surface area contributed by atoms with Crippen LogP contribution in [0.1, 0.15) is 53.0 Å². The fraction of sp³-hybridized carbons (Fsp3) is 0.565. The van der Waals surface area contributed by atoms with Gasteiger partial charge in [-0.15, -0.1) is 0 Å². The molecule has 0 aliphatic rings. The lowest BCUT2D eigenvalue weighted by atomic mass is 10.0. The fourth-order valence-electron chi connectivity index (χ4n) is 2.95. The molecule has 0 unspecified atom stereocenters. The summed E-state index contributed by atoms with van der Waals surface area (Å²) < 4.78 is 5.20. The highest BCUT2D eigenvalue weighted by molar-refractivity contribution is 5.91. The van der Waals surface area contributed by atoms with Gasteiger partial charge < -0.3 is 25.5 Å². The van der Waals surface area contributed by atoms with Crippen molar-refractivity contribution in [3.8, 4) is 0 Å². The number of hydrogen-bond donors (Lipinski definition) is 3. The molecular weight excluding hydrogens is 398 g/mol. The quantitative estimate of drug-likeness (QED) is 0.439. The number of hydrogen-bond acceptors (Lipinski definition) is 5. The first-order chi connectivity index (χ1) is 14.6. The highest BCUT2D eigenvalue weighted by Gasteiger charge is 2.26. The Balaban J connectivity index is 2.64. The lowest BCUT2D eigenvalue weighted by molar-refractivity contribution is -0.130. The van der Waals surface area contributed by atoms with Crippen molar-refractivity contribution in [3.63, 3.8) is 0 Å². The third kappa shape index (κ3) is 10.6. The molecule has 0 aromatic heterocycles. The summed E-state index contributed by atoms with van der Waals surface area (Å²) in [6.45, 7) is 9.37. The van der Waals surface area contributed by atoms with E-state index in [1.54, 1.807) is 0 Å². The molecule has 8 heteroatoms. The minimum Gasteiger partial charge on any atom is -0.445 e. The molecular formula is C23H35N3O5. The van der Waals surface area contributed by atoms with Crippen molar-refractivity contribution < 1.29 is 23.9 Å². The maximum atomic E-state index is 12.7. The molecule has 0 aliphatic carbocycles. The predicted octanol–water partition coefficient (Wildman–Crippen LogP) is 2.56. The zero-order chi connectivity index (χ0) is 23.4. The molecule has 3 atom stereocenters. The Hall–Kier alpha value is -2.90. The topological polar surface area (TPSA) is 114 Å². The van der Waals surface area contributed by atoms with Gasteiger partial charge in [0.1, 0.15) is 25.0 Å². The zero-order valence-corrected chi connectivity index (χ0v) is 19.0. The number of aldehydes is 1. The van der Waals surface area contributed by atoms with Crippen molar-refractivity contribution in [1.29, 1.82) is 0 Å². The van der Waals surface area contributed by atoms with Gasteiger partial charge in [0.15, 0.2) is 0 Å². The van der Waals surface area contributed by atoms with Crippen LogP contribution in [-0.4, -0.2) is 42.3 Å². The molecule has 1 aromatic rings. The Labute approximate surface area is 184 Å². The smallest absolute Gasteiger partial charge is 0.408 e. The predicted molar refractivity (Wildman–Crippen MR) is 118 cm³/mol. The SMILES string of the molecule is CC(C)C[C@H](NC(=O)OCc1ccccc1)C(=O)N[C@H](C)C(=O)N[C@@H](C=O)CC(C)C. The first-order valence-electron chi connectivity index (χ1n) is 10.7. The number of alkyl carbamates (subject to hydrolysis) is 1. The highest BCUT2D eigenvalue weighted by Crippen LogP contribution is 2.07. The number of rotatable bonds is 12. The summed E-state index contributed by atoms with van der Waals surface area (Å²) >= 11 is 0. The van der Waals surface area contributed by atoms with Crippen molar-refractivity contribution in [2.75, 3.05) is 0 Å². The molecule has 1 rings (SSSR count). The van der Waals surface area contributed by atoms with Crippen molar-refractivity contribution >= 4 is 24.2 Å². The van der Waals surface area contributed by atoms with Crippen LogP contribution in [0, 0.1) is 11.8 Å². The summed E-state index contributed by atoms with van der Waals surface area (Å²) in [6.07, 6.45) is 0.879.